The molecule has 2 aromatic carbocycles. The van der Waals surface area contributed by atoms with Crippen molar-refractivity contribution in [3.63, 3.8) is 0 Å². The standard InChI is InChI=1S/C19H16F7NOS/c20-17(21,18(22,23)19(24,25)26)16(29-15-9-5-2-6-10-15)11-12-27-28-13-14-7-3-1-4-8-14/h1-10,12,16H,11,13H2/b27-12+. The second-order valence-electron chi connectivity index (χ2n) is 5.90. The highest BCUT2D eigenvalue weighted by Gasteiger charge is 2.75. The zero-order chi connectivity index (χ0) is 21.5. The molecule has 0 amide bonds. The minimum Gasteiger partial charge on any atom is -0.391 e. The summed E-state index contributed by atoms with van der Waals surface area (Å²) in [6.07, 6.45) is -6.50. The third-order valence-corrected chi connectivity index (χ3v) is 5.06. The van der Waals surface area contributed by atoms with Crippen LogP contribution in [0.5, 0.6) is 0 Å². The van der Waals surface area contributed by atoms with E-state index in [9.17, 15) is 30.7 Å². The van der Waals surface area contributed by atoms with Crippen LogP contribution >= 0.6 is 11.8 Å². The third-order valence-electron chi connectivity index (χ3n) is 3.74. The van der Waals surface area contributed by atoms with Gasteiger partial charge in [0.05, 0.1) is 5.25 Å². The molecule has 10 heteroatoms. The second-order valence-corrected chi connectivity index (χ2v) is 7.17. The highest BCUT2D eigenvalue weighted by Crippen LogP contribution is 2.52. The lowest BCUT2D eigenvalue weighted by Gasteiger charge is -2.33. The molecule has 2 nitrogen and oxygen atoms in total. The molecular weight excluding hydrogens is 423 g/mol. The summed E-state index contributed by atoms with van der Waals surface area (Å²) < 4.78 is 93.1. The van der Waals surface area contributed by atoms with E-state index in [1.807, 2.05) is 0 Å². The fourth-order valence-electron chi connectivity index (χ4n) is 2.20. The molecule has 1 unspecified atom stereocenters. The number of thioether (sulfide) groups is 1. The molecule has 158 valence electrons. The number of alkyl halides is 7. The monoisotopic (exact) mass is 439 g/mol. The first-order chi connectivity index (χ1) is 13.6. The molecule has 0 fully saturated rings. The van der Waals surface area contributed by atoms with Crippen LogP contribution in [0.3, 0.4) is 0 Å². The van der Waals surface area contributed by atoms with E-state index in [0.717, 1.165) is 6.21 Å². The van der Waals surface area contributed by atoms with Gasteiger partial charge in [0.1, 0.15) is 6.61 Å². The summed E-state index contributed by atoms with van der Waals surface area (Å²) in [6.45, 7) is -0.0110. The Morgan fingerprint density at radius 3 is 1.97 bits per heavy atom. The molecule has 0 aromatic heterocycles. The molecule has 0 aliphatic heterocycles. The quantitative estimate of drug-likeness (QED) is 0.191. The Morgan fingerprint density at radius 1 is 0.862 bits per heavy atom. The highest BCUT2D eigenvalue weighted by atomic mass is 32.2. The van der Waals surface area contributed by atoms with Crippen molar-refractivity contribution >= 4 is 18.0 Å². The highest BCUT2D eigenvalue weighted by molar-refractivity contribution is 8.00. The van der Waals surface area contributed by atoms with Gasteiger partial charge >= 0.3 is 18.0 Å². The first kappa shape index (κ1) is 23.1. The van der Waals surface area contributed by atoms with Gasteiger partial charge in [-0.3, -0.25) is 0 Å². The van der Waals surface area contributed by atoms with Crippen LogP contribution in [0.1, 0.15) is 12.0 Å². The van der Waals surface area contributed by atoms with Gasteiger partial charge in [-0.2, -0.15) is 30.7 Å². The molecule has 0 spiro atoms. The summed E-state index contributed by atoms with van der Waals surface area (Å²) in [7, 11) is 0. The molecule has 1 atom stereocenters. The number of oxime groups is 1. The van der Waals surface area contributed by atoms with Crippen molar-refractivity contribution < 1.29 is 35.6 Å². The number of nitrogens with zero attached hydrogens (tertiary/aromatic N) is 1. The molecule has 0 N–H and O–H groups in total. The normalized spacial score (nSPS) is 14.2. The largest absolute Gasteiger partial charge is 0.459 e. The fourth-order valence-corrected chi connectivity index (χ4v) is 3.32. The number of hydrogen-bond acceptors (Lipinski definition) is 3. The molecule has 29 heavy (non-hydrogen) atoms. The molecule has 0 aliphatic rings. The smallest absolute Gasteiger partial charge is 0.391 e. The lowest BCUT2D eigenvalue weighted by Crippen LogP contribution is -2.57. The number of benzene rings is 2. The first-order valence-electron chi connectivity index (χ1n) is 8.27. The molecule has 0 saturated carbocycles. The lowest BCUT2D eigenvalue weighted by molar-refractivity contribution is -0.353. The predicted octanol–water partition coefficient (Wildman–Crippen LogP) is 6.57. The SMILES string of the molecule is FC(F)(F)C(F)(F)C(F)(F)C(C/C=N/OCc1ccccc1)Sc1ccccc1. The van der Waals surface area contributed by atoms with Crippen molar-refractivity contribution in [1.29, 1.82) is 0 Å². The number of halogens is 7. The van der Waals surface area contributed by atoms with Crippen molar-refractivity contribution in [2.75, 3.05) is 0 Å². The molecule has 2 aromatic rings. The van der Waals surface area contributed by atoms with Gasteiger partial charge in [-0.1, -0.05) is 53.7 Å². The molecule has 0 radical (unpaired) electrons. The van der Waals surface area contributed by atoms with Crippen LogP contribution in [0.4, 0.5) is 30.7 Å². The van der Waals surface area contributed by atoms with Gasteiger partial charge in [-0.05, 0) is 17.7 Å². The van der Waals surface area contributed by atoms with Crippen molar-refractivity contribution in [2.24, 2.45) is 5.16 Å². The average molecular weight is 439 g/mol. The van der Waals surface area contributed by atoms with Crippen LogP contribution in [0.15, 0.2) is 70.7 Å². The van der Waals surface area contributed by atoms with E-state index in [0.29, 0.717) is 5.56 Å². The van der Waals surface area contributed by atoms with E-state index in [4.69, 9.17) is 4.84 Å². The van der Waals surface area contributed by atoms with E-state index < -0.39 is 29.7 Å². The van der Waals surface area contributed by atoms with Crippen molar-refractivity contribution in [1.82, 2.24) is 0 Å². The van der Waals surface area contributed by atoms with Gasteiger partial charge < -0.3 is 4.84 Å². The van der Waals surface area contributed by atoms with E-state index in [1.165, 1.54) is 24.3 Å². The molecule has 0 aliphatic carbocycles. The summed E-state index contributed by atoms with van der Waals surface area (Å²) in [5.41, 5.74) is 0.716. The fraction of sp³-hybridized carbons (Fsp3) is 0.316. The van der Waals surface area contributed by atoms with Gasteiger partial charge in [0, 0.05) is 17.5 Å². The van der Waals surface area contributed by atoms with Gasteiger partial charge in [-0.25, -0.2) is 0 Å². The van der Waals surface area contributed by atoms with Gasteiger partial charge in [0.2, 0.25) is 0 Å². The van der Waals surface area contributed by atoms with Crippen LogP contribution in [-0.2, 0) is 11.4 Å². The Bertz CT molecular complexity index is 782. The van der Waals surface area contributed by atoms with Crippen molar-refractivity contribution in [3.8, 4) is 0 Å². The maximum Gasteiger partial charge on any atom is 0.459 e. The predicted molar refractivity (Wildman–Crippen MR) is 96.4 cm³/mol. The van der Waals surface area contributed by atoms with Gasteiger partial charge in [0.15, 0.2) is 0 Å². The van der Waals surface area contributed by atoms with Crippen LogP contribution in [0, 0.1) is 0 Å². The van der Waals surface area contributed by atoms with Crippen molar-refractivity contribution in [3.05, 3.63) is 66.2 Å². The molecule has 0 heterocycles. The molecular formula is C19H16F7NOS. The van der Waals surface area contributed by atoms with E-state index in [1.54, 1.807) is 36.4 Å². The summed E-state index contributed by atoms with van der Waals surface area (Å²) in [6, 6.07) is 15.8. The summed E-state index contributed by atoms with van der Waals surface area (Å²) in [4.78, 5) is 5.01. The summed E-state index contributed by atoms with van der Waals surface area (Å²) >= 11 is 0.216. The van der Waals surface area contributed by atoms with E-state index in [-0.39, 0.29) is 23.3 Å². The van der Waals surface area contributed by atoms with Crippen LogP contribution in [-0.4, -0.2) is 29.5 Å². The maximum absolute atomic E-state index is 14.2. The second kappa shape index (κ2) is 9.51. The van der Waals surface area contributed by atoms with Gasteiger partial charge in [0.25, 0.3) is 0 Å². The van der Waals surface area contributed by atoms with Crippen LogP contribution in [0.25, 0.3) is 0 Å². The minimum absolute atomic E-state index is 0.0110. The maximum atomic E-state index is 14.2. The number of hydrogen-bond donors (Lipinski definition) is 0. The zero-order valence-electron chi connectivity index (χ0n) is 14.8. The Morgan fingerprint density at radius 2 is 1.41 bits per heavy atom. The Hall–Kier alpha value is -2.23. The minimum atomic E-state index is -6.40. The molecule has 2 rings (SSSR count). The van der Waals surface area contributed by atoms with Crippen molar-refractivity contribution in [2.45, 2.75) is 41.2 Å². The summed E-state index contributed by atoms with van der Waals surface area (Å²) in [5, 5.41) is 0.983. The van der Waals surface area contributed by atoms with E-state index >= 15 is 0 Å². The topological polar surface area (TPSA) is 21.6 Å². The third kappa shape index (κ3) is 5.88. The van der Waals surface area contributed by atoms with Gasteiger partial charge in [-0.15, -0.1) is 11.8 Å². The molecule has 0 saturated heterocycles. The van der Waals surface area contributed by atoms with Crippen LogP contribution in [0.2, 0.25) is 0 Å². The first-order valence-corrected chi connectivity index (χ1v) is 9.15. The Labute approximate surface area is 166 Å². The van der Waals surface area contributed by atoms with Crippen LogP contribution < -0.4 is 0 Å². The lowest BCUT2D eigenvalue weighted by atomic mass is 10.1. The summed E-state index contributed by atoms with van der Waals surface area (Å²) in [5.74, 6) is -11.6. The molecule has 0 bridgehead atoms. The average Bonchev–Trinajstić information content (AvgIpc) is 2.67. The number of rotatable bonds is 9. The van der Waals surface area contributed by atoms with E-state index in [2.05, 4.69) is 5.16 Å². The zero-order valence-corrected chi connectivity index (χ0v) is 15.6. The Balaban J connectivity index is 2.13. The Kier molecular flexibility index (Phi) is 7.56.